The van der Waals surface area contributed by atoms with E-state index in [0.717, 1.165) is 0 Å². The van der Waals surface area contributed by atoms with Crippen LogP contribution in [0.4, 0.5) is 4.79 Å². The molecule has 1 heterocycles. The summed E-state index contributed by atoms with van der Waals surface area (Å²) in [6, 6.07) is 6.18. The second kappa shape index (κ2) is 6.97. The Labute approximate surface area is 129 Å². The Morgan fingerprint density at radius 3 is 2.41 bits per heavy atom. The third-order valence-electron chi connectivity index (χ3n) is 3.82. The SMILES string of the molecule is COc1ccc(S(=O)(=O)NCC2CCN(C(=O)O)CC2)cc1. The van der Waals surface area contributed by atoms with Crippen LogP contribution in [0.1, 0.15) is 12.8 Å². The van der Waals surface area contributed by atoms with E-state index in [0.29, 0.717) is 38.2 Å². The van der Waals surface area contributed by atoms with Crippen molar-refractivity contribution in [1.29, 1.82) is 0 Å². The van der Waals surface area contributed by atoms with Gasteiger partial charge in [-0.3, -0.25) is 0 Å². The van der Waals surface area contributed by atoms with Gasteiger partial charge in [0.2, 0.25) is 10.0 Å². The fraction of sp³-hybridized carbons (Fsp3) is 0.500. The molecule has 0 aromatic heterocycles. The van der Waals surface area contributed by atoms with E-state index in [1.54, 1.807) is 12.1 Å². The summed E-state index contributed by atoms with van der Waals surface area (Å²) in [4.78, 5) is 12.4. The predicted octanol–water partition coefficient (Wildman–Crippen LogP) is 1.36. The quantitative estimate of drug-likeness (QED) is 0.851. The van der Waals surface area contributed by atoms with Crippen molar-refractivity contribution in [1.82, 2.24) is 9.62 Å². The maximum atomic E-state index is 12.2. The first kappa shape index (κ1) is 16.6. The van der Waals surface area contributed by atoms with Gasteiger partial charge in [-0.15, -0.1) is 0 Å². The average molecular weight is 328 g/mol. The molecule has 122 valence electrons. The topological polar surface area (TPSA) is 95.9 Å². The lowest BCUT2D eigenvalue weighted by Crippen LogP contribution is -2.40. The van der Waals surface area contributed by atoms with E-state index in [2.05, 4.69) is 4.72 Å². The second-order valence-electron chi connectivity index (χ2n) is 5.24. The Kier molecular flexibility index (Phi) is 5.25. The maximum absolute atomic E-state index is 12.2. The van der Waals surface area contributed by atoms with Gasteiger partial charge in [0.05, 0.1) is 12.0 Å². The highest BCUT2D eigenvalue weighted by atomic mass is 32.2. The van der Waals surface area contributed by atoms with Gasteiger partial charge in [0.15, 0.2) is 0 Å². The highest BCUT2D eigenvalue weighted by Crippen LogP contribution is 2.19. The van der Waals surface area contributed by atoms with Crippen LogP contribution in [-0.4, -0.2) is 51.3 Å². The minimum absolute atomic E-state index is 0.156. The van der Waals surface area contributed by atoms with Crippen LogP contribution in [0.15, 0.2) is 29.2 Å². The van der Waals surface area contributed by atoms with E-state index in [4.69, 9.17) is 9.84 Å². The van der Waals surface area contributed by atoms with Gasteiger partial charge in [-0.1, -0.05) is 0 Å². The molecule has 7 nitrogen and oxygen atoms in total. The van der Waals surface area contributed by atoms with Crippen molar-refractivity contribution in [2.24, 2.45) is 5.92 Å². The highest BCUT2D eigenvalue weighted by molar-refractivity contribution is 7.89. The monoisotopic (exact) mass is 328 g/mol. The molecule has 0 unspecified atom stereocenters. The number of benzene rings is 1. The number of piperidine rings is 1. The zero-order valence-corrected chi connectivity index (χ0v) is 13.2. The molecule has 1 fully saturated rings. The first-order valence-corrected chi connectivity index (χ1v) is 8.52. The van der Waals surface area contributed by atoms with Crippen molar-refractivity contribution in [2.75, 3.05) is 26.7 Å². The van der Waals surface area contributed by atoms with Crippen LogP contribution in [0.25, 0.3) is 0 Å². The Morgan fingerprint density at radius 1 is 1.32 bits per heavy atom. The molecule has 1 aliphatic heterocycles. The van der Waals surface area contributed by atoms with Crippen molar-refractivity contribution in [3.05, 3.63) is 24.3 Å². The van der Waals surface area contributed by atoms with Crippen LogP contribution in [0.3, 0.4) is 0 Å². The first-order valence-electron chi connectivity index (χ1n) is 7.04. The minimum atomic E-state index is -3.55. The number of carbonyl (C=O) groups is 1. The highest BCUT2D eigenvalue weighted by Gasteiger charge is 2.24. The number of amides is 1. The van der Waals surface area contributed by atoms with E-state index >= 15 is 0 Å². The molecule has 8 heteroatoms. The summed E-state index contributed by atoms with van der Waals surface area (Å²) in [6.07, 6.45) is 0.409. The average Bonchev–Trinajstić information content (AvgIpc) is 2.53. The number of rotatable bonds is 5. The van der Waals surface area contributed by atoms with E-state index in [-0.39, 0.29) is 10.8 Å². The van der Waals surface area contributed by atoms with Gasteiger partial charge >= 0.3 is 6.09 Å². The van der Waals surface area contributed by atoms with Gasteiger partial charge in [0.1, 0.15) is 5.75 Å². The zero-order valence-electron chi connectivity index (χ0n) is 12.4. The number of likely N-dealkylation sites (tertiary alicyclic amines) is 1. The molecule has 1 saturated heterocycles. The van der Waals surface area contributed by atoms with E-state index in [1.165, 1.54) is 24.1 Å². The number of nitrogens with zero attached hydrogens (tertiary/aromatic N) is 1. The van der Waals surface area contributed by atoms with Crippen LogP contribution in [-0.2, 0) is 10.0 Å². The van der Waals surface area contributed by atoms with Crippen LogP contribution >= 0.6 is 0 Å². The summed E-state index contributed by atoms with van der Waals surface area (Å²) in [5.41, 5.74) is 0. The van der Waals surface area contributed by atoms with E-state index < -0.39 is 16.1 Å². The number of hydrogen-bond donors (Lipinski definition) is 2. The van der Waals surface area contributed by atoms with Crippen molar-refractivity contribution in [2.45, 2.75) is 17.7 Å². The fourth-order valence-corrected chi connectivity index (χ4v) is 3.51. The maximum Gasteiger partial charge on any atom is 0.407 e. The molecule has 0 bridgehead atoms. The first-order chi connectivity index (χ1) is 10.4. The number of hydrogen-bond acceptors (Lipinski definition) is 4. The third-order valence-corrected chi connectivity index (χ3v) is 5.26. The van der Waals surface area contributed by atoms with Crippen LogP contribution in [0.2, 0.25) is 0 Å². The molecule has 1 aromatic carbocycles. The molecule has 0 radical (unpaired) electrons. The molecule has 0 saturated carbocycles. The van der Waals surface area contributed by atoms with Crippen molar-refractivity contribution >= 4 is 16.1 Å². The summed E-state index contributed by atoms with van der Waals surface area (Å²) >= 11 is 0. The third kappa shape index (κ3) is 4.11. The molecular formula is C14H20N2O5S. The van der Waals surface area contributed by atoms with Crippen LogP contribution in [0.5, 0.6) is 5.75 Å². The number of carboxylic acid groups (broad SMARTS) is 1. The van der Waals surface area contributed by atoms with Gasteiger partial charge in [-0.25, -0.2) is 17.9 Å². The molecule has 1 aliphatic rings. The molecule has 1 amide bonds. The van der Waals surface area contributed by atoms with Crippen LogP contribution in [0, 0.1) is 5.92 Å². The lowest BCUT2D eigenvalue weighted by atomic mass is 9.97. The van der Waals surface area contributed by atoms with Crippen molar-refractivity contribution < 1.29 is 23.1 Å². The zero-order chi connectivity index (χ0) is 16.2. The van der Waals surface area contributed by atoms with Crippen LogP contribution < -0.4 is 9.46 Å². The van der Waals surface area contributed by atoms with E-state index in [9.17, 15) is 13.2 Å². The largest absolute Gasteiger partial charge is 0.497 e. The number of sulfonamides is 1. The van der Waals surface area contributed by atoms with Gasteiger partial charge in [-0.05, 0) is 43.0 Å². The summed E-state index contributed by atoms with van der Waals surface area (Å²) in [7, 11) is -2.03. The molecule has 0 atom stereocenters. The molecule has 0 spiro atoms. The summed E-state index contributed by atoms with van der Waals surface area (Å²) in [6.45, 7) is 1.22. The van der Waals surface area contributed by atoms with Crippen molar-refractivity contribution in [3.8, 4) is 5.75 Å². The summed E-state index contributed by atoms with van der Waals surface area (Å²) < 4.78 is 32.0. The number of ether oxygens (including phenoxy) is 1. The van der Waals surface area contributed by atoms with Crippen molar-refractivity contribution in [3.63, 3.8) is 0 Å². The standard InChI is InChI=1S/C14H20N2O5S/c1-21-12-2-4-13(5-3-12)22(19,20)15-10-11-6-8-16(9-7-11)14(17)18/h2-5,11,15H,6-10H2,1H3,(H,17,18). The van der Waals surface area contributed by atoms with Gasteiger partial charge in [0, 0.05) is 19.6 Å². The van der Waals surface area contributed by atoms with Gasteiger partial charge < -0.3 is 14.7 Å². The fourth-order valence-electron chi connectivity index (χ4n) is 2.39. The van der Waals surface area contributed by atoms with E-state index in [1.807, 2.05) is 0 Å². The Balaban J connectivity index is 1.89. The lowest BCUT2D eigenvalue weighted by molar-refractivity contribution is 0.125. The molecule has 2 rings (SSSR count). The Bertz CT molecular complexity index is 607. The summed E-state index contributed by atoms with van der Waals surface area (Å²) in [5, 5.41) is 8.88. The van der Waals surface area contributed by atoms with Gasteiger partial charge in [-0.2, -0.15) is 0 Å². The molecule has 1 aromatic rings. The lowest BCUT2D eigenvalue weighted by Gasteiger charge is -2.29. The molecule has 22 heavy (non-hydrogen) atoms. The Morgan fingerprint density at radius 2 is 1.91 bits per heavy atom. The number of nitrogens with one attached hydrogen (secondary N) is 1. The smallest absolute Gasteiger partial charge is 0.407 e. The molecular weight excluding hydrogens is 308 g/mol. The number of methoxy groups -OCH3 is 1. The second-order valence-corrected chi connectivity index (χ2v) is 7.01. The molecule has 2 N–H and O–H groups in total. The molecule has 0 aliphatic carbocycles. The predicted molar refractivity (Wildman–Crippen MR) is 80.5 cm³/mol. The van der Waals surface area contributed by atoms with Gasteiger partial charge in [0.25, 0.3) is 0 Å². The normalized spacial score (nSPS) is 16.5. The Hall–Kier alpha value is -1.80. The summed E-state index contributed by atoms with van der Waals surface area (Å²) in [5.74, 6) is 0.753. The minimum Gasteiger partial charge on any atom is -0.497 e.